The van der Waals surface area contributed by atoms with E-state index in [1.54, 1.807) is 19.4 Å². The molecule has 4 heteroatoms. The second kappa shape index (κ2) is 3.79. The number of nitrogens with zero attached hydrogens (tertiary/aromatic N) is 1. The number of alkyl halides is 1. The Labute approximate surface area is 75.1 Å². The van der Waals surface area contributed by atoms with Gasteiger partial charge in [0.1, 0.15) is 5.75 Å². The lowest BCUT2D eigenvalue weighted by atomic mass is 10.4. The fourth-order valence-corrected chi connectivity index (χ4v) is 1.16. The minimum absolute atomic E-state index is 0.322. The monoisotopic (exact) mass is 191 g/mol. The van der Waals surface area contributed by atoms with E-state index in [1.165, 1.54) is 0 Å². The van der Waals surface area contributed by atoms with Crippen LogP contribution < -0.4 is 4.74 Å². The van der Waals surface area contributed by atoms with E-state index in [0.29, 0.717) is 22.3 Å². The van der Waals surface area contributed by atoms with E-state index in [-0.39, 0.29) is 0 Å². The van der Waals surface area contributed by atoms with Crippen LogP contribution in [-0.2, 0) is 5.88 Å². The van der Waals surface area contributed by atoms with Crippen LogP contribution in [0, 0.1) is 0 Å². The summed E-state index contributed by atoms with van der Waals surface area (Å²) in [6.07, 6.45) is 1.59. The molecular formula is C7H7Cl2NO. The molecule has 1 aromatic rings. The number of ether oxygens (including phenoxy) is 1. The molecule has 0 amide bonds. The zero-order valence-corrected chi connectivity index (χ0v) is 7.49. The second-order valence-corrected chi connectivity index (χ2v) is 2.61. The third-order valence-electron chi connectivity index (χ3n) is 1.25. The van der Waals surface area contributed by atoms with Crippen molar-refractivity contribution in [2.45, 2.75) is 5.88 Å². The molecule has 2 nitrogen and oxygen atoms in total. The van der Waals surface area contributed by atoms with Crippen molar-refractivity contribution in [3.63, 3.8) is 0 Å². The van der Waals surface area contributed by atoms with Gasteiger partial charge in [-0.05, 0) is 0 Å². The first-order valence-corrected chi connectivity index (χ1v) is 3.93. The van der Waals surface area contributed by atoms with E-state index < -0.39 is 0 Å². The van der Waals surface area contributed by atoms with Crippen molar-refractivity contribution >= 4 is 23.2 Å². The standard InChI is InChI=1S/C7H7Cl2NO/c1-11-5-2-6(9)7(3-8)10-4-5/h2,4H,3H2,1H3. The highest BCUT2D eigenvalue weighted by Gasteiger charge is 2.01. The number of halogens is 2. The van der Waals surface area contributed by atoms with Crippen LogP contribution >= 0.6 is 23.2 Å². The average molecular weight is 192 g/mol. The van der Waals surface area contributed by atoms with Crippen molar-refractivity contribution < 1.29 is 4.74 Å². The molecular weight excluding hydrogens is 185 g/mol. The van der Waals surface area contributed by atoms with Crippen LogP contribution in [0.25, 0.3) is 0 Å². The van der Waals surface area contributed by atoms with Crippen molar-refractivity contribution in [2.24, 2.45) is 0 Å². The van der Waals surface area contributed by atoms with Gasteiger partial charge in [-0.2, -0.15) is 0 Å². The molecule has 0 aliphatic carbocycles. The number of pyridine rings is 1. The van der Waals surface area contributed by atoms with Crippen LogP contribution in [0.5, 0.6) is 5.75 Å². The van der Waals surface area contributed by atoms with E-state index in [0.717, 1.165) is 0 Å². The fourth-order valence-electron chi connectivity index (χ4n) is 0.659. The summed E-state index contributed by atoms with van der Waals surface area (Å²) in [6.45, 7) is 0. The summed E-state index contributed by atoms with van der Waals surface area (Å²) in [6, 6.07) is 1.69. The van der Waals surface area contributed by atoms with Gasteiger partial charge in [0.2, 0.25) is 0 Å². The summed E-state index contributed by atoms with van der Waals surface area (Å²) in [5.41, 5.74) is 0.675. The number of hydrogen-bond donors (Lipinski definition) is 0. The van der Waals surface area contributed by atoms with Crippen LogP contribution in [-0.4, -0.2) is 12.1 Å². The fraction of sp³-hybridized carbons (Fsp3) is 0.286. The zero-order chi connectivity index (χ0) is 8.27. The first kappa shape index (κ1) is 8.62. The Morgan fingerprint density at radius 1 is 1.64 bits per heavy atom. The molecule has 0 spiro atoms. The molecule has 0 atom stereocenters. The van der Waals surface area contributed by atoms with Gasteiger partial charge < -0.3 is 4.74 Å². The maximum atomic E-state index is 5.78. The van der Waals surface area contributed by atoms with E-state index in [2.05, 4.69) is 4.98 Å². The van der Waals surface area contributed by atoms with Gasteiger partial charge in [0.25, 0.3) is 0 Å². The SMILES string of the molecule is COc1cnc(CCl)c(Cl)c1. The zero-order valence-electron chi connectivity index (χ0n) is 5.97. The molecule has 1 heterocycles. The van der Waals surface area contributed by atoms with E-state index in [9.17, 15) is 0 Å². The van der Waals surface area contributed by atoms with Gasteiger partial charge in [0.05, 0.1) is 29.9 Å². The van der Waals surface area contributed by atoms with Crippen LogP contribution in [0.15, 0.2) is 12.3 Å². The first-order chi connectivity index (χ1) is 5.27. The number of rotatable bonds is 2. The van der Waals surface area contributed by atoms with Crippen molar-refractivity contribution in [3.05, 3.63) is 23.0 Å². The molecule has 0 saturated carbocycles. The van der Waals surface area contributed by atoms with E-state index in [1.807, 2.05) is 0 Å². The average Bonchev–Trinajstić information content (AvgIpc) is 2.04. The number of aromatic nitrogens is 1. The minimum Gasteiger partial charge on any atom is -0.495 e. The second-order valence-electron chi connectivity index (χ2n) is 1.94. The molecule has 0 N–H and O–H groups in total. The smallest absolute Gasteiger partial charge is 0.138 e. The van der Waals surface area contributed by atoms with Gasteiger partial charge in [0.15, 0.2) is 0 Å². The molecule has 0 radical (unpaired) electrons. The van der Waals surface area contributed by atoms with Gasteiger partial charge in [-0.15, -0.1) is 11.6 Å². The quantitative estimate of drug-likeness (QED) is 0.671. The molecule has 0 aliphatic rings. The van der Waals surface area contributed by atoms with Crippen molar-refractivity contribution in [2.75, 3.05) is 7.11 Å². The number of methoxy groups -OCH3 is 1. The Bertz CT molecular complexity index is 252. The Morgan fingerprint density at radius 2 is 2.36 bits per heavy atom. The third kappa shape index (κ3) is 1.98. The predicted octanol–water partition coefficient (Wildman–Crippen LogP) is 2.48. The van der Waals surface area contributed by atoms with Gasteiger partial charge in [-0.1, -0.05) is 11.6 Å². The predicted molar refractivity (Wildman–Crippen MR) is 45.4 cm³/mol. The lowest BCUT2D eigenvalue weighted by Gasteiger charge is -2.01. The molecule has 0 bridgehead atoms. The Kier molecular flexibility index (Phi) is 2.97. The molecule has 0 aliphatic heterocycles. The highest BCUT2D eigenvalue weighted by Crippen LogP contribution is 2.20. The topological polar surface area (TPSA) is 22.1 Å². The van der Waals surface area contributed by atoms with Crippen molar-refractivity contribution in [3.8, 4) is 5.75 Å². The molecule has 60 valence electrons. The van der Waals surface area contributed by atoms with Crippen LogP contribution in [0.3, 0.4) is 0 Å². The van der Waals surface area contributed by atoms with E-state index >= 15 is 0 Å². The van der Waals surface area contributed by atoms with Gasteiger partial charge in [-0.25, -0.2) is 0 Å². The van der Waals surface area contributed by atoms with Gasteiger partial charge in [-0.3, -0.25) is 4.98 Å². The maximum absolute atomic E-state index is 5.78. The summed E-state index contributed by atoms with van der Waals surface area (Å²) >= 11 is 11.3. The molecule has 0 aromatic carbocycles. The van der Waals surface area contributed by atoms with Gasteiger partial charge in [0, 0.05) is 6.07 Å². The summed E-state index contributed by atoms with van der Waals surface area (Å²) < 4.78 is 4.90. The Balaban J connectivity index is 2.99. The highest BCUT2D eigenvalue weighted by molar-refractivity contribution is 6.32. The lowest BCUT2D eigenvalue weighted by molar-refractivity contribution is 0.412. The molecule has 0 unspecified atom stereocenters. The minimum atomic E-state index is 0.322. The molecule has 0 fully saturated rings. The summed E-state index contributed by atoms with van der Waals surface area (Å²) in [5, 5.41) is 0.541. The van der Waals surface area contributed by atoms with E-state index in [4.69, 9.17) is 27.9 Å². The summed E-state index contributed by atoms with van der Waals surface area (Å²) in [7, 11) is 1.56. The lowest BCUT2D eigenvalue weighted by Crippen LogP contribution is -1.89. The van der Waals surface area contributed by atoms with Crippen LogP contribution in [0.4, 0.5) is 0 Å². The first-order valence-electron chi connectivity index (χ1n) is 3.02. The maximum Gasteiger partial charge on any atom is 0.138 e. The summed E-state index contributed by atoms with van der Waals surface area (Å²) in [4.78, 5) is 3.98. The Hall–Kier alpha value is -0.470. The Morgan fingerprint density at radius 3 is 2.82 bits per heavy atom. The van der Waals surface area contributed by atoms with Crippen molar-refractivity contribution in [1.82, 2.24) is 4.98 Å². The molecule has 1 aromatic heterocycles. The third-order valence-corrected chi connectivity index (χ3v) is 1.83. The summed E-state index contributed by atoms with van der Waals surface area (Å²) in [5.74, 6) is 0.965. The van der Waals surface area contributed by atoms with Gasteiger partial charge >= 0.3 is 0 Å². The molecule has 11 heavy (non-hydrogen) atoms. The number of hydrogen-bond acceptors (Lipinski definition) is 2. The van der Waals surface area contributed by atoms with Crippen LogP contribution in [0.2, 0.25) is 5.02 Å². The highest BCUT2D eigenvalue weighted by atomic mass is 35.5. The largest absolute Gasteiger partial charge is 0.495 e. The van der Waals surface area contributed by atoms with Crippen molar-refractivity contribution in [1.29, 1.82) is 0 Å². The molecule has 0 saturated heterocycles. The normalized spacial score (nSPS) is 9.73. The van der Waals surface area contributed by atoms with Crippen LogP contribution in [0.1, 0.15) is 5.69 Å². The molecule has 1 rings (SSSR count).